The Bertz CT molecular complexity index is 724. The van der Waals surface area contributed by atoms with E-state index in [4.69, 9.17) is 4.42 Å². The topological polar surface area (TPSA) is 65.7 Å². The van der Waals surface area contributed by atoms with Crippen molar-refractivity contribution in [3.63, 3.8) is 0 Å². The van der Waals surface area contributed by atoms with Crippen LogP contribution in [0.3, 0.4) is 0 Å². The van der Waals surface area contributed by atoms with Crippen molar-refractivity contribution in [1.82, 2.24) is 10.2 Å². The number of likely N-dealkylation sites (tertiary alicyclic amines) is 1. The lowest BCUT2D eigenvalue weighted by Gasteiger charge is -2.24. The zero-order valence-electron chi connectivity index (χ0n) is 14.2. The third-order valence-electron chi connectivity index (χ3n) is 5.12. The molecule has 2 heterocycles. The Morgan fingerprint density at radius 3 is 2.80 bits per heavy atom. The van der Waals surface area contributed by atoms with Gasteiger partial charge in [0.2, 0.25) is 0 Å². The molecule has 132 valence electrons. The number of nitrogens with one attached hydrogen (secondary N) is 1. The van der Waals surface area contributed by atoms with Crippen LogP contribution >= 0.6 is 0 Å². The minimum atomic E-state index is -0.332. The molecule has 0 unspecified atom stereocenters. The van der Waals surface area contributed by atoms with Gasteiger partial charge in [0.1, 0.15) is 5.76 Å². The maximum atomic E-state index is 12.5. The predicted molar refractivity (Wildman–Crippen MR) is 94.3 cm³/mol. The molecule has 2 atom stereocenters. The van der Waals surface area contributed by atoms with Crippen LogP contribution in [0.4, 0.5) is 0 Å². The van der Waals surface area contributed by atoms with Crippen LogP contribution in [0, 0.1) is 0 Å². The van der Waals surface area contributed by atoms with Gasteiger partial charge < -0.3 is 14.8 Å². The van der Waals surface area contributed by atoms with E-state index in [-0.39, 0.29) is 18.1 Å². The van der Waals surface area contributed by atoms with E-state index in [0.29, 0.717) is 31.0 Å². The molecule has 0 radical (unpaired) electrons. The Morgan fingerprint density at radius 2 is 2.04 bits per heavy atom. The summed E-state index contributed by atoms with van der Waals surface area (Å²) in [6, 6.07) is 12.1. The zero-order chi connectivity index (χ0) is 17.2. The highest BCUT2D eigenvalue weighted by Crippen LogP contribution is 2.42. The van der Waals surface area contributed by atoms with E-state index in [9.17, 15) is 9.90 Å². The Morgan fingerprint density at radius 1 is 1.24 bits per heavy atom. The zero-order valence-corrected chi connectivity index (χ0v) is 14.2. The van der Waals surface area contributed by atoms with E-state index in [1.54, 1.807) is 12.3 Å². The number of furan rings is 1. The van der Waals surface area contributed by atoms with Gasteiger partial charge in [-0.15, -0.1) is 0 Å². The van der Waals surface area contributed by atoms with Gasteiger partial charge in [0.15, 0.2) is 0 Å². The largest absolute Gasteiger partial charge is 0.468 e. The molecular formula is C20H24N2O3. The van der Waals surface area contributed by atoms with Gasteiger partial charge in [0, 0.05) is 31.6 Å². The molecule has 5 heteroatoms. The molecule has 2 fully saturated rings. The quantitative estimate of drug-likeness (QED) is 0.848. The SMILES string of the molecule is O=C(NC[C@H]1C[C@H](O)CN1Cc1ccccc1)c1ccoc1C1CC1. The van der Waals surface area contributed by atoms with Crippen LogP contribution in [0.25, 0.3) is 0 Å². The van der Waals surface area contributed by atoms with Crippen LogP contribution in [0.15, 0.2) is 47.1 Å². The van der Waals surface area contributed by atoms with Crippen molar-refractivity contribution in [3.8, 4) is 0 Å². The van der Waals surface area contributed by atoms with E-state index in [0.717, 1.165) is 25.1 Å². The average molecular weight is 340 g/mol. The number of aliphatic hydroxyl groups is 1. The first-order chi connectivity index (χ1) is 12.2. The number of β-amino-alcohol motifs (C(OH)–C–C–N with tert-alkyl or cyclic N) is 1. The van der Waals surface area contributed by atoms with Gasteiger partial charge in [0.25, 0.3) is 5.91 Å². The maximum absolute atomic E-state index is 12.5. The summed E-state index contributed by atoms with van der Waals surface area (Å²) in [5, 5.41) is 13.1. The molecule has 1 saturated carbocycles. The first kappa shape index (κ1) is 16.4. The van der Waals surface area contributed by atoms with Gasteiger partial charge in [0.05, 0.1) is 17.9 Å². The molecule has 0 bridgehead atoms. The second kappa shape index (κ2) is 7.02. The highest BCUT2D eigenvalue weighted by molar-refractivity contribution is 5.95. The second-order valence-corrected chi connectivity index (χ2v) is 7.14. The molecule has 4 rings (SSSR count). The minimum Gasteiger partial charge on any atom is -0.468 e. The van der Waals surface area contributed by atoms with E-state index in [1.165, 1.54) is 5.56 Å². The van der Waals surface area contributed by atoms with Crippen LogP contribution in [-0.2, 0) is 6.54 Å². The summed E-state index contributed by atoms with van der Waals surface area (Å²) in [5.41, 5.74) is 1.88. The molecule has 5 nitrogen and oxygen atoms in total. The van der Waals surface area contributed by atoms with Crippen LogP contribution in [-0.4, -0.2) is 41.1 Å². The lowest BCUT2D eigenvalue weighted by molar-refractivity contribution is 0.0937. The number of amides is 1. The standard InChI is InChI=1S/C20H24N2O3/c23-17-10-16(22(13-17)12-14-4-2-1-3-5-14)11-21-20(24)18-8-9-25-19(18)15-6-7-15/h1-5,8-9,15-17,23H,6-7,10-13H2,(H,21,24)/t16-,17+/m1/s1. The van der Waals surface area contributed by atoms with E-state index < -0.39 is 0 Å². The summed E-state index contributed by atoms with van der Waals surface area (Å²) in [5.74, 6) is 1.17. The number of nitrogens with zero attached hydrogens (tertiary/aromatic N) is 1. The third-order valence-corrected chi connectivity index (χ3v) is 5.12. The maximum Gasteiger partial charge on any atom is 0.254 e. The Hall–Kier alpha value is -2.11. The molecule has 0 spiro atoms. The number of carbonyl (C=O) groups is 1. The number of hydrogen-bond acceptors (Lipinski definition) is 4. The number of hydrogen-bond donors (Lipinski definition) is 2. The van der Waals surface area contributed by atoms with Crippen LogP contribution in [0.5, 0.6) is 0 Å². The molecular weight excluding hydrogens is 316 g/mol. The normalized spacial score (nSPS) is 23.7. The molecule has 2 N–H and O–H groups in total. The fourth-order valence-corrected chi connectivity index (χ4v) is 3.66. The molecule has 2 aliphatic rings. The first-order valence-corrected chi connectivity index (χ1v) is 9.02. The van der Waals surface area contributed by atoms with Gasteiger partial charge in [-0.2, -0.15) is 0 Å². The van der Waals surface area contributed by atoms with Crippen molar-refractivity contribution in [2.75, 3.05) is 13.1 Å². The Balaban J connectivity index is 1.37. The number of aliphatic hydroxyl groups excluding tert-OH is 1. The van der Waals surface area contributed by atoms with E-state index >= 15 is 0 Å². The summed E-state index contributed by atoms with van der Waals surface area (Å²) in [6.07, 6.45) is 4.17. The molecule has 25 heavy (non-hydrogen) atoms. The molecule has 1 aromatic heterocycles. The number of carbonyl (C=O) groups excluding carboxylic acids is 1. The van der Waals surface area contributed by atoms with Crippen LogP contribution < -0.4 is 5.32 Å². The molecule has 1 aromatic carbocycles. The van der Waals surface area contributed by atoms with Gasteiger partial charge in [-0.1, -0.05) is 30.3 Å². The van der Waals surface area contributed by atoms with Gasteiger partial charge in [-0.25, -0.2) is 0 Å². The van der Waals surface area contributed by atoms with Crippen molar-refractivity contribution in [1.29, 1.82) is 0 Å². The van der Waals surface area contributed by atoms with Crippen molar-refractivity contribution >= 4 is 5.91 Å². The van der Waals surface area contributed by atoms with Crippen LogP contribution in [0.1, 0.15) is 46.9 Å². The average Bonchev–Trinajstić information content (AvgIpc) is 3.23. The van der Waals surface area contributed by atoms with E-state index in [2.05, 4.69) is 22.3 Å². The fourth-order valence-electron chi connectivity index (χ4n) is 3.66. The summed E-state index contributed by atoms with van der Waals surface area (Å²) < 4.78 is 5.49. The Labute approximate surface area is 147 Å². The van der Waals surface area contributed by atoms with Crippen LogP contribution in [0.2, 0.25) is 0 Å². The van der Waals surface area contributed by atoms with E-state index in [1.807, 2.05) is 18.2 Å². The summed E-state index contributed by atoms with van der Waals surface area (Å²) in [4.78, 5) is 14.8. The number of rotatable bonds is 6. The molecule has 1 aliphatic carbocycles. The fraction of sp³-hybridized carbons (Fsp3) is 0.450. The van der Waals surface area contributed by atoms with Crippen molar-refractivity contribution in [2.24, 2.45) is 0 Å². The third kappa shape index (κ3) is 3.78. The lowest BCUT2D eigenvalue weighted by atomic mass is 10.1. The highest BCUT2D eigenvalue weighted by Gasteiger charge is 2.33. The molecule has 1 saturated heterocycles. The molecule has 1 amide bonds. The lowest BCUT2D eigenvalue weighted by Crippen LogP contribution is -2.39. The first-order valence-electron chi connectivity index (χ1n) is 9.02. The van der Waals surface area contributed by atoms with Crippen molar-refractivity contribution < 1.29 is 14.3 Å². The van der Waals surface area contributed by atoms with Gasteiger partial charge in [-0.3, -0.25) is 9.69 Å². The summed E-state index contributed by atoms with van der Waals surface area (Å²) in [7, 11) is 0. The summed E-state index contributed by atoms with van der Waals surface area (Å²) >= 11 is 0. The second-order valence-electron chi connectivity index (χ2n) is 7.14. The Kier molecular flexibility index (Phi) is 4.59. The molecule has 1 aliphatic heterocycles. The smallest absolute Gasteiger partial charge is 0.254 e. The highest BCUT2D eigenvalue weighted by atomic mass is 16.3. The minimum absolute atomic E-state index is 0.0725. The number of benzene rings is 1. The summed E-state index contributed by atoms with van der Waals surface area (Å²) in [6.45, 7) is 1.98. The van der Waals surface area contributed by atoms with Crippen molar-refractivity contribution in [2.45, 2.75) is 43.9 Å². The van der Waals surface area contributed by atoms with Crippen molar-refractivity contribution in [3.05, 3.63) is 59.5 Å². The van der Waals surface area contributed by atoms with Gasteiger partial charge in [-0.05, 0) is 30.9 Å². The van der Waals surface area contributed by atoms with Gasteiger partial charge >= 0.3 is 0 Å². The predicted octanol–water partition coefficient (Wildman–Crippen LogP) is 2.52. The monoisotopic (exact) mass is 340 g/mol. The molecule has 2 aromatic rings.